The lowest BCUT2D eigenvalue weighted by Gasteiger charge is -2.32. The monoisotopic (exact) mass is 351 g/mol. The van der Waals surface area contributed by atoms with E-state index in [9.17, 15) is 10.2 Å². The van der Waals surface area contributed by atoms with Crippen LogP contribution in [0.2, 0.25) is 0 Å². The maximum atomic E-state index is 15.4. The maximum absolute atomic E-state index is 15.4. The molecule has 4 atom stereocenters. The fourth-order valence-corrected chi connectivity index (χ4v) is 3.43. The van der Waals surface area contributed by atoms with Crippen LogP contribution in [0.1, 0.15) is 32.9 Å². The van der Waals surface area contributed by atoms with E-state index in [4.69, 9.17) is 4.74 Å². The van der Waals surface area contributed by atoms with Crippen molar-refractivity contribution in [3.63, 3.8) is 0 Å². The summed E-state index contributed by atoms with van der Waals surface area (Å²) in [6, 6.07) is 0.442. The number of ether oxygens (including phenoxy) is 1. The zero-order valence-corrected chi connectivity index (χ0v) is 14.4. The predicted molar refractivity (Wildman–Crippen MR) is 87.9 cm³/mol. The Hall–Kier alpha value is -1.84. The molecule has 2 aliphatic rings. The van der Waals surface area contributed by atoms with E-state index >= 15 is 4.39 Å². The molecule has 2 N–H and O–H groups in total. The van der Waals surface area contributed by atoms with E-state index in [0.29, 0.717) is 23.0 Å². The van der Waals surface area contributed by atoms with Crippen LogP contribution in [0.3, 0.4) is 0 Å². The highest BCUT2D eigenvalue weighted by atomic mass is 19.1. The van der Waals surface area contributed by atoms with E-state index in [0.717, 1.165) is 12.8 Å². The minimum atomic E-state index is -2.14. The van der Waals surface area contributed by atoms with Gasteiger partial charge in [0.1, 0.15) is 18.0 Å². The minimum Gasteiger partial charge on any atom is -0.394 e. The topological polar surface area (TPSA) is 96.5 Å². The van der Waals surface area contributed by atoms with Gasteiger partial charge < -0.3 is 19.8 Å². The summed E-state index contributed by atoms with van der Waals surface area (Å²) < 4.78 is 22.5. The van der Waals surface area contributed by atoms with Gasteiger partial charge in [0.2, 0.25) is 0 Å². The normalized spacial score (nSPS) is 35.4. The zero-order chi connectivity index (χ0) is 18.0. The van der Waals surface area contributed by atoms with Crippen molar-refractivity contribution in [3.05, 3.63) is 12.7 Å². The third-order valence-electron chi connectivity index (χ3n) is 5.56. The lowest BCUT2D eigenvalue weighted by atomic mass is 9.85. The van der Waals surface area contributed by atoms with Crippen molar-refractivity contribution in [3.8, 4) is 0 Å². The summed E-state index contributed by atoms with van der Waals surface area (Å²) in [7, 11) is 1.95. The van der Waals surface area contributed by atoms with E-state index in [1.54, 1.807) is 0 Å². The van der Waals surface area contributed by atoms with Crippen molar-refractivity contribution < 1.29 is 19.3 Å². The van der Waals surface area contributed by atoms with Crippen molar-refractivity contribution in [1.29, 1.82) is 0 Å². The first-order chi connectivity index (χ1) is 11.8. The number of imidazole rings is 1. The van der Waals surface area contributed by atoms with E-state index in [-0.39, 0.29) is 0 Å². The fourth-order valence-electron chi connectivity index (χ4n) is 3.43. The number of anilines is 1. The Morgan fingerprint density at radius 1 is 1.36 bits per heavy atom. The first-order valence-electron chi connectivity index (χ1n) is 8.37. The van der Waals surface area contributed by atoms with Gasteiger partial charge >= 0.3 is 0 Å². The Labute approximate surface area is 144 Å². The molecule has 1 aliphatic heterocycles. The lowest BCUT2D eigenvalue weighted by molar-refractivity contribution is -0.0891. The number of nitrogens with zero attached hydrogens (tertiary/aromatic N) is 5. The van der Waals surface area contributed by atoms with Crippen LogP contribution in [0.25, 0.3) is 11.2 Å². The van der Waals surface area contributed by atoms with Gasteiger partial charge in [-0.3, -0.25) is 4.57 Å². The molecule has 1 saturated carbocycles. The van der Waals surface area contributed by atoms with Crippen LogP contribution in [-0.2, 0) is 4.74 Å². The van der Waals surface area contributed by atoms with Crippen LogP contribution in [0, 0.1) is 0 Å². The van der Waals surface area contributed by atoms with Crippen LogP contribution in [-0.4, -0.2) is 66.8 Å². The average molecular weight is 351 g/mol. The molecular weight excluding hydrogens is 329 g/mol. The van der Waals surface area contributed by atoms with E-state index in [1.165, 1.54) is 31.1 Å². The number of fused-ring (bicyclic) bond motifs is 1. The standard InChI is InChI=1S/C16H22FN5O3/c1-15(17)14(25-10(6-23)16(15,2)24)22-8-20-11-12(18-7-19-13(11)22)21(3)9-4-5-9/h7-10,14,23-24H,4-6H2,1-3H3/t10-,14?,15+,16?/m1/s1. The summed E-state index contributed by atoms with van der Waals surface area (Å²) in [4.78, 5) is 15.0. The van der Waals surface area contributed by atoms with E-state index < -0.39 is 30.2 Å². The molecule has 2 fully saturated rings. The molecule has 9 heteroatoms. The largest absolute Gasteiger partial charge is 0.394 e. The summed E-state index contributed by atoms with van der Waals surface area (Å²) in [6.45, 7) is 2.10. The van der Waals surface area contributed by atoms with Gasteiger partial charge in [0.25, 0.3) is 0 Å². The van der Waals surface area contributed by atoms with Crippen LogP contribution >= 0.6 is 0 Å². The Morgan fingerprint density at radius 3 is 2.68 bits per heavy atom. The molecule has 1 saturated heterocycles. The second kappa shape index (κ2) is 5.33. The van der Waals surface area contributed by atoms with E-state index in [2.05, 4.69) is 19.9 Å². The molecule has 136 valence electrons. The van der Waals surface area contributed by atoms with Gasteiger partial charge in [0, 0.05) is 13.1 Å². The molecule has 25 heavy (non-hydrogen) atoms. The van der Waals surface area contributed by atoms with Crippen molar-refractivity contribution in [2.75, 3.05) is 18.6 Å². The quantitative estimate of drug-likeness (QED) is 0.841. The maximum Gasteiger partial charge on any atom is 0.183 e. The number of aliphatic hydroxyl groups is 2. The second-order valence-electron chi connectivity index (χ2n) is 7.25. The van der Waals surface area contributed by atoms with Gasteiger partial charge in [-0.25, -0.2) is 19.3 Å². The number of aliphatic hydroxyl groups excluding tert-OH is 1. The molecule has 0 amide bonds. The second-order valence-corrected chi connectivity index (χ2v) is 7.25. The predicted octanol–water partition coefficient (Wildman–Crippen LogP) is 0.794. The number of alkyl halides is 1. The fraction of sp³-hybridized carbons (Fsp3) is 0.688. The zero-order valence-electron chi connectivity index (χ0n) is 14.4. The molecule has 8 nitrogen and oxygen atoms in total. The van der Waals surface area contributed by atoms with Gasteiger partial charge in [-0.2, -0.15) is 0 Å². The summed E-state index contributed by atoms with van der Waals surface area (Å²) in [5, 5.41) is 20.0. The molecule has 2 aromatic rings. The minimum absolute atomic E-state index is 0.431. The van der Waals surface area contributed by atoms with Crippen LogP contribution in [0.4, 0.5) is 10.2 Å². The third-order valence-corrected chi connectivity index (χ3v) is 5.56. The van der Waals surface area contributed by atoms with Gasteiger partial charge in [0.05, 0.1) is 12.9 Å². The highest BCUT2D eigenvalue weighted by molar-refractivity contribution is 5.83. The molecule has 4 rings (SSSR count). The molecular formula is C16H22FN5O3. The molecule has 3 heterocycles. The van der Waals surface area contributed by atoms with Crippen LogP contribution in [0.15, 0.2) is 12.7 Å². The molecule has 2 aromatic heterocycles. The molecule has 0 radical (unpaired) electrons. The van der Waals surface area contributed by atoms with Crippen LogP contribution in [0.5, 0.6) is 0 Å². The SMILES string of the molecule is CN(c1ncnc2c1ncn2C1O[C@H](CO)C(C)(O)[C@@]1(C)F)C1CC1. The number of hydrogen-bond acceptors (Lipinski definition) is 7. The Morgan fingerprint density at radius 2 is 2.08 bits per heavy atom. The van der Waals surface area contributed by atoms with Crippen LogP contribution < -0.4 is 4.90 Å². The summed E-state index contributed by atoms with van der Waals surface area (Å²) in [5.74, 6) is 0.690. The summed E-state index contributed by atoms with van der Waals surface area (Å²) in [5.41, 5.74) is -2.99. The van der Waals surface area contributed by atoms with Crippen molar-refractivity contribution in [1.82, 2.24) is 19.5 Å². The summed E-state index contributed by atoms with van der Waals surface area (Å²) >= 11 is 0. The van der Waals surface area contributed by atoms with Crippen molar-refractivity contribution in [2.24, 2.45) is 0 Å². The summed E-state index contributed by atoms with van der Waals surface area (Å²) in [6.07, 6.45) is 2.89. The lowest BCUT2D eigenvalue weighted by Crippen LogP contribution is -2.51. The van der Waals surface area contributed by atoms with Gasteiger partial charge in [-0.15, -0.1) is 0 Å². The molecule has 0 aromatic carbocycles. The highest BCUT2D eigenvalue weighted by Crippen LogP contribution is 2.48. The first-order valence-corrected chi connectivity index (χ1v) is 8.37. The number of hydrogen-bond donors (Lipinski definition) is 2. The van der Waals surface area contributed by atoms with Gasteiger partial charge in [-0.1, -0.05) is 0 Å². The third kappa shape index (κ3) is 2.26. The van der Waals surface area contributed by atoms with Gasteiger partial charge in [-0.05, 0) is 26.7 Å². The van der Waals surface area contributed by atoms with Crippen molar-refractivity contribution >= 4 is 17.0 Å². The number of halogens is 1. The smallest absolute Gasteiger partial charge is 0.183 e. The molecule has 0 bridgehead atoms. The van der Waals surface area contributed by atoms with Crippen molar-refractivity contribution in [2.45, 2.75) is 56.3 Å². The molecule has 0 spiro atoms. The Bertz CT molecular complexity index is 804. The molecule has 1 aliphatic carbocycles. The average Bonchev–Trinajstić information content (AvgIpc) is 3.30. The van der Waals surface area contributed by atoms with Gasteiger partial charge in [0.15, 0.2) is 28.9 Å². The highest BCUT2D eigenvalue weighted by Gasteiger charge is 2.63. The Balaban J connectivity index is 1.79. The number of aromatic nitrogens is 4. The van der Waals surface area contributed by atoms with E-state index in [1.807, 2.05) is 7.05 Å². The first kappa shape index (κ1) is 16.6. The Kier molecular flexibility index (Phi) is 3.54. The number of rotatable bonds is 4. The molecule has 2 unspecified atom stereocenters.